The van der Waals surface area contributed by atoms with Gasteiger partial charge in [0.1, 0.15) is 24.3 Å². The van der Waals surface area contributed by atoms with Crippen LogP contribution in [0.5, 0.6) is 5.75 Å². The zero-order valence-corrected chi connectivity index (χ0v) is 15.7. The number of rotatable bonds is 7. The molecule has 1 aromatic heterocycles. The van der Waals surface area contributed by atoms with Crippen molar-refractivity contribution in [1.82, 2.24) is 4.98 Å². The van der Waals surface area contributed by atoms with E-state index in [9.17, 15) is 4.79 Å². The molecule has 0 unspecified atom stereocenters. The molecule has 0 aliphatic carbocycles. The van der Waals surface area contributed by atoms with E-state index >= 15 is 0 Å². The molecule has 1 heterocycles. The molecule has 0 aliphatic heterocycles. The number of benzene rings is 3. The third kappa shape index (κ3) is 4.71. The lowest BCUT2D eigenvalue weighted by Gasteiger charge is -2.11. The van der Waals surface area contributed by atoms with Crippen LogP contribution in [0.15, 0.2) is 95.6 Å². The predicted octanol–water partition coefficient (Wildman–Crippen LogP) is 5.13. The van der Waals surface area contributed by atoms with Gasteiger partial charge in [-0.05, 0) is 23.8 Å². The third-order valence-electron chi connectivity index (χ3n) is 4.27. The van der Waals surface area contributed by atoms with Crippen LogP contribution in [0.2, 0.25) is 0 Å². The van der Waals surface area contributed by atoms with Gasteiger partial charge in [-0.15, -0.1) is 0 Å². The molecule has 29 heavy (non-hydrogen) atoms. The number of carbonyl (C=O) groups excluding carboxylic acids is 1. The minimum Gasteiger partial charge on any atom is -0.481 e. The first-order valence-corrected chi connectivity index (χ1v) is 9.22. The number of oxazole rings is 1. The molecule has 0 atom stereocenters. The van der Waals surface area contributed by atoms with Gasteiger partial charge in [-0.1, -0.05) is 66.7 Å². The Morgan fingerprint density at radius 1 is 0.828 bits per heavy atom. The van der Waals surface area contributed by atoms with Crippen LogP contribution in [0.1, 0.15) is 5.69 Å². The molecule has 0 saturated carbocycles. The number of ether oxygens (including phenoxy) is 2. The second-order valence-electron chi connectivity index (χ2n) is 6.32. The maximum absolute atomic E-state index is 12.1. The fourth-order valence-corrected chi connectivity index (χ4v) is 2.87. The maximum Gasteiger partial charge on any atom is 0.344 e. The fraction of sp³-hybridized carbons (Fsp3) is 0.0833. The minimum absolute atomic E-state index is 0.0266. The molecule has 4 aromatic rings. The van der Waals surface area contributed by atoms with Crippen molar-refractivity contribution < 1.29 is 18.7 Å². The van der Waals surface area contributed by atoms with E-state index in [2.05, 4.69) is 4.98 Å². The predicted molar refractivity (Wildman–Crippen MR) is 109 cm³/mol. The maximum atomic E-state index is 12.1. The Morgan fingerprint density at radius 2 is 1.48 bits per heavy atom. The standard InChI is InChI=1S/C24H19NO4/c26-23(28-15-20-16-29-24(25-20)19-11-5-2-6-12-19)17-27-22-14-8-7-13-21(22)18-9-3-1-4-10-18/h1-14,16H,15,17H2. The van der Waals surface area contributed by atoms with E-state index in [4.69, 9.17) is 13.9 Å². The molecular formula is C24H19NO4. The molecule has 144 valence electrons. The summed E-state index contributed by atoms with van der Waals surface area (Å²) in [5.41, 5.74) is 3.35. The molecule has 0 amide bonds. The smallest absolute Gasteiger partial charge is 0.344 e. The lowest BCUT2D eigenvalue weighted by Crippen LogP contribution is -2.15. The zero-order valence-electron chi connectivity index (χ0n) is 15.7. The van der Waals surface area contributed by atoms with E-state index in [-0.39, 0.29) is 13.2 Å². The van der Waals surface area contributed by atoms with Gasteiger partial charge in [-0.25, -0.2) is 9.78 Å². The summed E-state index contributed by atoms with van der Waals surface area (Å²) in [5.74, 6) is 0.644. The molecule has 4 rings (SSSR count). The van der Waals surface area contributed by atoms with Gasteiger partial charge in [0, 0.05) is 11.1 Å². The van der Waals surface area contributed by atoms with Crippen LogP contribution < -0.4 is 4.74 Å². The highest BCUT2D eigenvalue weighted by atomic mass is 16.6. The van der Waals surface area contributed by atoms with Crippen LogP contribution in [-0.4, -0.2) is 17.6 Å². The SMILES string of the molecule is O=C(COc1ccccc1-c1ccccc1)OCc1coc(-c2ccccc2)n1. The summed E-state index contributed by atoms with van der Waals surface area (Å²) in [4.78, 5) is 16.4. The van der Waals surface area contributed by atoms with Gasteiger partial charge >= 0.3 is 5.97 Å². The van der Waals surface area contributed by atoms with Crippen LogP contribution in [0.25, 0.3) is 22.6 Å². The number of aromatic nitrogens is 1. The molecule has 0 radical (unpaired) electrons. The molecule has 0 saturated heterocycles. The van der Waals surface area contributed by atoms with Gasteiger partial charge in [-0.2, -0.15) is 0 Å². The van der Waals surface area contributed by atoms with Crippen LogP contribution in [0.4, 0.5) is 0 Å². The quantitative estimate of drug-likeness (QED) is 0.413. The highest BCUT2D eigenvalue weighted by Crippen LogP contribution is 2.29. The minimum atomic E-state index is -0.475. The first-order chi connectivity index (χ1) is 14.3. The molecule has 0 spiro atoms. The number of nitrogens with zero attached hydrogens (tertiary/aromatic N) is 1. The Labute approximate surface area is 168 Å². The lowest BCUT2D eigenvalue weighted by molar-refractivity contribution is -0.147. The summed E-state index contributed by atoms with van der Waals surface area (Å²) in [7, 11) is 0. The Kier molecular flexibility index (Phi) is 5.67. The Hall–Kier alpha value is -3.86. The molecule has 5 nitrogen and oxygen atoms in total. The van der Waals surface area contributed by atoms with E-state index in [0.717, 1.165) is 16.7 Å². The van der Waals surface area contributed by atoms with Gasteiger partial charge in [0.15, 0.2) is 6.61 Å². The summed E-state index contributed by atoms with van der Waals surface area (Å²) in [6.45, 7) is -0.161. The van der Waals surface area contributed by atoms with Gasteiger partial charge in [-0.3, -0.25) is 0 Å². The van der Waals surface area contributed by atoms with Crippen molar-refractivity contribution in [3.05, 3.63) is 96.9 Å². The van der Waals surface area contributed by atoms with Crippen molar-refractivity contribution in [3.63, 3.8) is 0 Å². The van der Waals surface area contributed by atoms with Crippen molar-refractivity contribution in [2.45, 2.75) is 6.61 Å². The van der Waals surface area contributed by atoms with Gasteiger partial charge < -0.3 is 13.9 Å². The summed E-state index contributed by atoms with van der Waals surface area (Å²) in [6.07, 6.45) is 1.49. The number of carbonyl (C=O) groups is 1. The first kappa shape index (κ1) is 18.5. The second-order valence-corrected chi connectivity index (χ2v) is 6.32. The Balaban J connectivity index is 1.33. The Bertz CT molecular complexity index is 1070. The number of para-hydroxylation sites is 1. The van der Waals surface area contributed by atoms with Crippen LogP contribution in [0.3, 0.4) is 0 Å². The van der Waals surface area contributed by atoms with E-state index in [1.54, 1.807) is 0 Å². The monoisotopic (exact) mass is 385 g/mol. The summed E-state index contributed by atoms with van der Waals surface area (Å²) in [5, 5.41) is 0. The number of hydrogen-bond acceptors (Lipinski definition) is 5. The van der Waals surface area contributed by atoms with Crippen LogP contribution in [0, 0.1) is 0 Å². The molecule has 0 aliphatic rings. The largest absolute Gasteiger partial charge is 0.481 e. The average Bonchev–Trinajstić information content (AvgIpc) is 3.27. The molecule has 0 bridgehead atoms. The highest BCUT2D eigenvalue weighted by Gasteiger charge is 2.11. The first-order valence-electron chi connectivity index (χ1n) is 9.22. The lowest BCUT2D eigenvalue weighted by atomic mass is 10.1. The summed E-state index contributed by atoms with van der Waals surface area (Å²) in [6, 6.07) is 27.0. The molecule has 0 fully saturated rings. The second kappa shape index (κ2) is 8.89. The average molecular weight is 385 g/mol. The highest BCUT2D eigenvalue weighted by molar-refractivity contribution is 5.73. The summed E-state index contributed by atoms with van der Waals surface area (Å²) < 4.78 is 16.4. The molecular weight excluding hydrogens is 366 g/mol. The molecule has 0 N–H and O–H groups in total. The van der Waals surface area contributed by atoms with Crippen molar-refractivity contribution in [2.75, 3.05) is 6.61 Å². The van der Waals surface area contributed by atoms with Crippen molar-refractivity contribution in [1.29, 1.82) is 0 Å². The number of hydrogen-bond donors (Lipinski definition) is 0. The third-order valence-corrected chi connectivity index (χ3v) is 4.27. The van der Waals surface area contributed by atoms with Gasteiger partial charge in [0.2, 0.25) is 5.89 Å². The van der Waals surface area contributed by atoms with Crippen molar-refractivity contribution in [3.8, 4) is 28.3 Å². The number of esters is 1. The topological polar surface area (TPSA) is 61.6 Å². The van der Waals surface area contributed by atoms with Crippen LogP contribution >= 0.6 is 0 Å². The summed E-state index contributed by atoms with van der Waals surface area (Å²) >= 11 is 0. The van der Waals surface area contributed by atoms with Crippen LogP contribution in [-0.2, 0) is 16.1 Å². The van der Waals surface area contributed by atoms with Gasteiger partial charge in [0.25, 0.3) is 0 Å². The van der Waals surface area contributed by atoms with Crippen molar-refractivity contribution in [2.24, 2.45) is 0 Å². The Morgan fingerprint density at radius 3 is 2.24 bits per heavy atom. The van der Waals surface area contributed by atoms with E-state index in [0.29, 0.717) is 17.3 Å². The van der Waals surface area contributed by atoms with E-state index < -0.39 is 5.97 Å². The fourth-order valence-electron chi connectivity index (χ4n) is 2.87. The van der Waals surface area contributed by atoms with Gasteiger partial charge in [0.05, 0.1) is 0 Å². The van der Waals surface area contributed by atoms with E-state index in [1.807, 2.05) is 84.9 Å². The molecule has 3 aromatic carbocycles. The normalized spacial score (nSPS) is 10.5. The molecule has 5 heteroatoms. The van der Waals surface area contributed by atoms with E-state index in [1.165, 1.54) is 6.26 Å². The zero-order chi connectivity index (χ0) is 19.9. The van der Waals surface area contributed by atoms with Crippen molar-refractivity contribution >= 4 is 5.97 Å².